The molecule has 2 aromatic rings. The average molecular weight is 519 g/mol. The lowest BCUT2D eigenvalue weighted by Gasteiger charge is -2.38. The molecule has 2 aliphatic heterocycles. The summed E-state index contributed by atoms with van der Waals surface area (Å²) in [5.41, 5.74) is 1.82. The van der Waals surface area contributed by atoms with E-state index in [-0.39, 0.29) is 29.2 Å². The van der Waals surface area contributed by atoms with Crippen LogP contribution in [-0.2, 0) is 34.8 Å². The van der Waals surface area contributed by atoms with Gasteiger partial charge in [0, 0.05) is 24.7 Å². The van der Waals surface area contributed by atoms with E-state index < -0.39 is 35.6 Å². The maximum Gasteiger partial charge on any atom is 0.338 e. The Bertz CT molecular complexity index is 1230. The Morgan fingerprint density at radius 3 is 2.32 bits per heavy atom. The molecule has 2 aliphatic carbocycles. The lowest BCUT2D eigenvalue weighted by Crippen LogP contribution is -2.87. The van der Waals surface area contributed by atoms with Crippen LogP contribution in [0.25, 0.3) is 0 Å². The molecule has 4 aliphatic rings. The summed E-state index contributed by atoms with van der Waals surface area (Å²) < 4.78 is 18.1. The molecule has 0 spiro atoms. The van der Waals surface area contributed by atoms with Crippen molar-refractivity contribution in [3.05, 3.63) is 71.3 Å². The van der Waals surface area contributed by atoms with Gasteiger partial charge in [0.25, 0.3) is 0 Å². The number of rotatable bonds is 5. The first kappa shape index (κ1) is 25.1. The zero-order valence-corrected chi connectivity index (χ0v) is 22.2. The lowest BCUT2D eigenvalue weighted by atomic mass is 9.78. The first-order chi connectivity index (χ1) is 18.2. The molecule has 7 nitrogen and oxygen atoms in total. The van der Waals surface area contributed by atoms with E-state index in [4.69, 9.17) is 14.2 Å². The third-order valence-electron chi connectivity index (χ3n) is 9.15. The van der Waals surface area contributed by atoms with Crippen molar-refractivity contribution in [2.45, 2.75) is 63.3 Å². The number of quaternary nitrogens is 1. The van der Waals surface area contributed by atoms with Crippen LogP contribution in [0.5, 0.6) is 0 Å². The van der Waals surface area contributed by atoms with E-state index in [0.29, 0.717) is 24.8 Å². The Morgan fingerprint density at radius 1 is 0.974 bits per heavy atom. The number of fused-ring (bicyclic) bond motifs is 1. The maximum atomic E-state index is 13.9. The predicted octanol–water partition coefficient (Wildman–Crippen LogP) is 3.11. The van der Waals surface area contributed by atoms with Crippen LogP contribution in [0.1, 0.15) is 61.5 Å². The molecule has 0 amide bonds. The quantitative estimate of drug-likeness (QED) is 0.483. The molecule has 6 rings (SSSR count). The number of carbonyl (C=O) groups is 3. The second-order valence-electron chi connectivity index (χ2n) is 12.4. The van der Waals surface area contributed by atoms with Crippen molar-refractivity contribution in [1.29, 1.82) is 0 Å². The third-order valence-corrected chi connectivity index (χ3v) is 9.15. The van der Waals surface area contributed by atoms with Gasteiger partial charge in [0.15, 0.2) is 0 Å². The normalized spacial score (nSPS) is 31.1. The monoisotopic (exact) mass is 518 g/mol. The molecular formula is C31H36NO6+. The Morgan fingerprint density at radius 2 is 1.66 bits per heavy atom. The molecular weight excluding hydrogens is 482 g/mol. The Labute approximate surface area is 223 Å². The molecule has 2 saturated heterocycles. The van der Waals surface area contributed by atoms with Crippen LogP contribution >= 0.6 is 0 Å². The molecule has 2 bridgehead atoms. The Hall–Kier alpha value is -3.19. The number of ether oxygens (including phenoxy) is 3. The minimum absolute atomic E-state index is 0.0266. The highest BCUT2D eigenvalue weighted by Crippen LogP contribution is 2.59. The molecule has 200 valence electrons. The van der Waals surface area contributed by atoms with E-state index in [9.17, 15) is 14.4 Å². The van der Waals surface area contributed by atoms with Gasteiger partial charge in [0.2, 0.25) is 0 Å². The van der Waals surface area contributed by atoms with Gasteiger partial charge < -0.3 is 19.5 Å². The van der Waals surface area contributed by atoms with E-state index in [1.54, 1.807) is 12.1 Å². The number of nitrogens with two attached hydrogens (primary N) is 1. The van der Waals surface area contributed by atoms with Gasteiger partial charge >= 0.3 is 17.9 Å². The van der Waals surface area contributed by atoms with Crippen LogP contribution in [0.3, 0.4) is 0 Å². The zero-order chi connectivity index (χ0) is 26.7. The smallest absolute Gasteiger partial charge is 0.338 e. The van der Waals surface area contributed by atoms with Gasteiger partial charge in [-0.3, -0.25) is 9.59 Å². The van der Waals surface area contributed by atoms with Crippen molar-refractivity contribution in [1.82, 2.24) is 0 Å². The molecule has 0 aromatic heterocycles. The molecule has 0 radical (unpaired) electrons. The molecule has 6 unspecified atom stereocenters. The maximum absolute atomic E-state index is 13.9. The summed E-state index contributed by atoms with van der Waals surface area (Å²) in [6, 6.07) is 17.3. The van der Waals surface area contributed by atoms with Crippen molar-refractivity contribution in [3.63, 3.8) is 0 Å². The van der Waals surface area contributed by atoms with Gasteiger partial charge in [-0.25, -0.2) is 4.79 Å². The second-order valence-corrected chi connectivity index (χ2v) is 12.4. The minimum atomic E-state index is -0.711. The van der Waals surface area contributed by atoms with Gasteiger partial charge in [0.05, 0.1) is 30.5 Å². The summed E-state index contributed by atoms with van der Waals surface area (Å²) in [5, 5.41) is 2.23. The topological polar surface area (TPSA) is 95.5 Å². The van der Waals surface area contributed by atoms with E-state index in [1.165, 1.54) is 0 Å². The van der Waals surface area contributed by atoms with Crippen LogP contribution in [0.15, 0.2) is 54.6 Å². The van der Waals surface area contributed by atoms with Crippen LogP contribution in [0, 0.1) is 23.7 Å². The van der Waals surface area contributed by atoms with Gasteiger partial charge in [-0.05, 0) is 35.1 Å². The fourth-order valence-corrected chi connectivity index (χ4v) is 7.16. The van der Waals surface area contributed by atoms with Crippen LogP contribution in [0.2, 0.25) is 0 Å². The average Bonchev–Trinajstić information content (AvgIpc) is 3.53. The standard InChI is InChI=1S/C31H35NO6/c1-30(2,3)19-11-9-18(10-12-19)27(33)36-25-22-17-21-23(28(34)37-26(21)25)24(22)29(35)38-31(13-15-32-16-14-31)20-7-5-4-6-8-20/h4-12,21-26,32H,13-17H2,1-3H3/p+1. The molecule has 4 fully saturated rings. The molecule has 6 atom stereocenters. The van der Waals surface area contributed by atoms with Crippen molar-refractivity contribution in [2.75, 3.05) is 13.1 Å². The third kappa shape index (κ3) is 4.12. The summed E-state index contributed by atoms with van der Waals surface area (Å²) in [7, 11) is 0. The summed E-state index contributed by atoms with van der Waals surface area (Å²) in [6.07, 6.45) is 0.900. The molecule has 2 N–H and O–H groups in total. The van der Waals surface area contributed by atoms with Crippen LogP contribution in [0.4, 0.5) is 0 Å². The first-order valence-corrected chi connectivity index (χ1v) is 13.8. The fourth-order valence-electron chi connectivity index (χ4n) is 7.16. The number of carbonyl (C=O) groups excluding carboxylic acids is 3. The van der Waals surface area contributed by atoms with Crippen molar-refractivity contribution < 1.29 is 33.9 Å². The number of piperidine rings is 1. The number of hydrogen-bond acceptors (Lipinski definition) is 6. The molecule has 7 heteroatoms. The highest BCUT2D eigenvalue weighted by atomic mass is 16.6. The summed E-state index contributed by atoms with van der Waals surface area (Å²) in [6.45, 7) is 8.08. The number of benzene rings is 2. The van der Waals surface area contributed by atoms with Crippen LogP contribution in [-0.4, -0.2) is 43.2 Å². The van der Waals surface area contributed by atoms with E-state index in [1.807, 2.05) is 42.5 Å². The summed E-state index contributed by atoms with van der Waals surface area (Å²) >= 11 is 0. The molecule has 2 aromatic carbocycles. The molecule has 2 heterocycles. The Kier molecular flexibility index (Phi) is 6.10. The number of hydrogen-bond donors (Lipinski definition) is 1. The summed E-state index contributed by atoms with van der Waals surface area (Å²) in [5.74, 6) is -2.82. The minimum Gasteiger partial charge on any atom is -0.458 e. The van der Waals surface area contributed by atoms with Gasteiger partial charge in [-0.15, -0.1) is 0 Å². The van der Waals surface area contributed by atoms with Gasteiger partial charge in [-0.1, -0.05) is 63.2 Å². The largest absolute Gasteiger partial charge is 0.458 e. The van der Waals surface area contributed by atoms with Gasteiger partial charge in [-0.2, -0.15) is 0 Å². The van der Waals surface area contributed by atoms with E-state index in [0.717, 1.165) is 24.2 Å². The van der Waals surface area contributed by atoms with Crippen molar-refractivity contribution in [2.24, 2.45) is 23.7 Å². The highest BCUT2D eigenvalue weighted by molar-refractivity contribution is 5.90. The van der Waals surface area contributed by atoms with E-state index in [2.05, 4.69) is 26.1 Å². The highest BCUT2D eigenvalue weighted by Gasteiger charge is 2.70. The second kappa shape index (κ2) is 9.23. The van der Waals surface area contributed by atoms with E-state index >= 15 is 0 Å². The van der Waals surface area contributed by atoms with Gasteiger partial charge in [0.1, 0.15) is 17.8 Å². The lowest BCUT2D eigenvalue weighted by molar-refractivity contribution is -0.668. The number of esters is 3. The summed E-state index contributed by atoms with van der Waals surface area (Å²) in [4.78, 5) is 39.9. The SMILES string of the molecule is CC(C)(C)c1ccc(C(=O)OC2C3CC4C2OC(=O)C4C3C(=O)OC2(c3ccccc3)CC[NH2+]CC2)cc1. The first-order valence-electron chi connectivity index (χ1n) is 13.8. The van der Waals surface area contributed by atoms with Crippen molar-refractivity contribution in [3.8, 4) is 0 Å². The predicted molar refractivity (Wildman–Crippen MR) is 138 cm³/mol. The zero-order valence-electron chi connectivity index (χ0n) is 22.2. The molecule has 38 heavy (non-hydrogen) atoms. The fraction of sp³-hybridized carbons (Fsp3) is 0.516. The van der Waals surface area contributed by atoms with Crippen molar-refractivity contribution >= 4 is 17.9 Å². The van der Waals surface area contributed by atoms with Crippen LogP contribution < -0.4 is 5.32 Å². The molecule has 2 saturated carbocycles. The Balaban J connectivity index is 1.23.